The predicted octanol–water partition coefficient (Wildman–Crippen LogP) is 1.80. The number of carbonyl (C=O) groups excluding carboxylic acids is 1. The van der Waals surface area contributed by atoms with Crippen LogP contribution in [0.3, 0.4) is 0 Å². The van der Waals surface area contributed by atoms with Crippen LogP contribution < -0.4 is 5.32 Å². The highest BCUT2D eigenvalue weighted by molar-refractivity contribution is 5.95. The van der Waals surface area contributed by atoms with Crippen molar-refractivity contribution in [1.29, 1.82) is 0 Å². The van der Waals surface area contributed by atoms with Crippen molar-refractivity contribution in [3.63, 3.8) is 0 Å². The third kappa shape index (κ3) is 2.76. The molecule has 0 aliphatic heterocycles. The first kappa shape index (κ1) is 12.8. The molecule has 0 saturated carbocycles. The fraction of sp³-hybridized carbons (Fsp3) is 0.357. The first-order valence-corrected chi connectivity index (χ1v) is 5.96. The first-order chi connectivity index (χ1) is 8.60. The van der Waals surface area contributed by atoms with E-state index in [1.54, 1.807) is 6.92 Å². The molecule has 1 aromatic rings. The van der Waals surface area contributed by atoms with Gasteiger partial charge in [0.1, 0.15) is 5.82 Å². The normalized spacial score (nSPS) is 22.2. The maximum Gasteiger partial charge on any atom is 0.252 e. The van der Waals surface area contributed by atoms with Crippen LogP contribution in [0.2, 0.25) is 0 Å². The molecule has 0 heterocycles. The molecule has 1 amide bonds. The molecule has 0 unspecified atom stereocenters. The second-order valence-corrected chi connectivity index (χ2v) is 4.60. The van der Waals surface area contributed by atoms with Crippen LogP contribution in [0.1, 0.15) is 22.3 Å². The maximum atomic E-state index is 12.9. The Morgan fingerprint density at radius 1 is 1.50 bits per heavy atom. The molecular weight excluding hydrogens is 233 g/mol. The minimum atomic E-state index is -0.342. The monoisotopic (exact) mass is 249 g/mol. The van der Waals surface area contributed by atoms with Crippen LogP contribution in [0.5, 0.6) is 0 Å². The van der Waals surface area contributed by atoms with Gasteiger partial charge in [-0.2, -0.15) is 0 Å². The van der Waals surface area contributed by atoms with Crippen LogP contribution in [-0.4, -0.2) is 23.7 Å². The number of aryl methyl sites for hydroxylation is 1. The van der Waals surface area contributed by atoms with Crippen molar-refractivity contribution in [3.8, 4) is 0 Å². The highest BCUT2D eigenvalue weighted by Gasteiger charge is 2.20. The molecule has 1 aliphatic rings. The summed E-state index contributed by atoms with van der Waals surface area (Å²) in [6.07, 6.45) is 4.50. The third-order valence-electron chi connectivity index (χ3n) is 3.16. The molecule has 3 nitrogen and oxygen atoms in total. The Labute approximate surface area is 105 Å². The largest absolute Gasteiger partial charge is 0.396 e. The van der Waals surface area contributed by atoms with E-state index in [0.29, 0.717) is 17.5 Å². The number of rotatable bonds is 3. The number of benzene rings is 1. The van der Waals surface area contributed by atoms with Gasteiger partial charge in [-0.25, -0.2) is 4.39 Å². The number of halogens is 1. The minimum Gasteiger partial charge on any atom is -0.396 e. The molecular formula is C14H16FNO2. The number of aliphatic hydroxyl groups is 1. The molecule has 2 atom stereocenters. The summed E-state index contributed by atoms with van der Waals surface area (Å²) in [5.74, 6) is -0.435. The van der Waals surface area contributed by atoms with Gasteiger partial charge in [-0.1, -0.05) is 12.2 Å². The van der Waals surface area contributed by atoms with E-state index < -0.39 is 0 Å². The summed E-state index contributed by atoms with van der Waals surface area (Å²) in [6.45, 7) is 1.80. The van der Waals surface area contributed by atoms with E-state index >= 15 is 0 Å². The third-order valence-corrected chi connectivity index (χ3v) is 3.16. The van der Waals surface area contributed by atoms with E-state index in [0.717, 1.165) is 0 Å². The molecule has 1 aliphatic carbocycles. The lowest BCUT2D eigenvalue weighted by molar-refractivity contribution is 0.0940. The average molecular weight is 249 g/mol. The Hall–Kier alpha value is -1.68. The Bertz CT molecular complexity index is 485. The summed E-state index contributed by atoms with van der Waals surface area (Å²) >= 11 is 0. The van der Waals surface area contributed by atoms with Gasteiger partial charge in [0.2, 0.25) is 0 Å². The van der Waals surface area contributed by atoms with Gasteiger partial charge in [-0.15, -0.1) is 0 Å². The SMILES string of the molecule is Cc1cc(F)ccc1C(=O)N[C@@H]1C=C[C@H](CO)C1. The van der Waals surface area contributed by atoms with Gasteiger partial charge in [0, 0.05) is 24.1 Å². The molecule has 96 valence electrons. The number of hydrogen-bond donors (Lipinski definition) is 2. The average Bonchev–Trinajstić information content (AvgIpc) is 2.76. The van der Waals surface area contributed by atoms with Crippen molar-refractivity contribution in [2.24, 2.45) is 5.92 Å². The van der Waals surface area contributed by atoms with Gasteiger partial charge in [0.05, 0.1) is 0 Å². The Kier molecular flexibility index (Phi) is 3.77. The molecule has 0 radical (unpaired) electrons. The zero-order valence-corrected chi connectivity index (χ0v) is 10.2. The molecule has 18 heavy (non-hydrogen) atoms. The molecule has 2 rings (SSSR count). The summed E-state index contributed by atoms with van der Waals surface area (Å²) in [5.41, 5.74) is 1.10. The van der Waals surface area contributed by atoms with Gasteiger partial charge in [-0.05, 0) is 37.1 Å². The van der Waals surface area contributed by atoms with Crippen molar-refractivity contribution in [2.45, 2.75) is 19.4 Å². The summed E-state index contributed by atoms with van der Waals surface area (Å²) in [6, 6.07) is 4.06. The predicted molar refractivity (Wildman–Crippen MR) is 66.7 cm³/mol. The zero-order chi connectivity index (χ0) is 13.1. The van der Waals surface area contributed by atoms with Crippen molar-refractivity contribution >= 4 is 5.91 Å². The Morgan fingerprint density at radius 3 is 2.89 bits per heavy atom. The first-order valence-electron chi connectivity index (χ1n) is 5.96. The summed E-state index contributed by atoms with van der Waals surface area (Å²) in [5, 5.41) is 11.9. The Balaban J connectivity index is 2.02. The quantitative estimate of drug-likeness (QED) is 0.802. The van der Waals surface area contributed by atoms with Crippen molar-refractivity contribution in [3.05, 3.63) is 47.3 Å². The van der Waals surface area contributed by atoms with Crippen LogP contribution in [0, 0.1) is 18.7 Å². The van der Waals surface area contributed by atoms with Crippen LogP contribution >= 0.6 is 0 Å². The topological polar surface area (TPSA) is 49.3 Å². The smallest absolute Gasteiger partial charge is 0.252 e. The molecule has 0 aromatic heterocycles. The van der Waals surface area contributed by atoms with Gasteiger partial charge in [0.25, 0.3) is 5.91 Å². The standard InChI is InChI=1S/C14H16FNO2/c1-9-6-11(15)3-5-13(9)14(18)16-12-4-2-10(7-12)8-17/h2-6,10,12,17H,7-8H2,1H3,(H,16,18)/t10-,12+/m0/s1. The van der Waals surface area contributed by atoms with E-state index in [2.05, 4.69) is 5.32 Å². The van der Waals surface area contributed by atoms with Gasteiger partial charge >= 0.3 is 0 Å². The van der Waals surface area contributed by atoms with Crippen molar-refractivity contribution in [2.75, 3.05) is 6.61 Å². The fourth-order valence-corrected chi connectivity index (χ4v) is 2.14. The molecule has 4 heteroatoms. The van der Waals surface area contributed by atoms with Gasteiger partial charge < -0.3 is 10.4 Å². The molecule has 0 spiro atoms. The van der Waals surface area contributed by atoms with E-state index in [9.17, 15) is 9.18 Å². The summed E-state index contributed by atoms with van der Waals surface area (Å²) in [7, 11) is 0. The van der Waals surface area contributed by atoms with Gasteiger partial charge in [0.15, 0.2) is 0 Å². The second-order valence-electron chi connectivity index (χ2n) is 4.60. The number of carbonyl (C=O) groups is 1. The number of aliphatic hydroxyl groups excluding tert-OH is 1. The molecule has 0 fully saturated rings. The fourth-order valence-electron chi connectivity index (χ4n) is 2.14. The lowest BCUT2D eigenvalue weighted by Gasteiger charge is -2.13. The molecule has 1 aromatic carbocycles. The van der Waals surface area contributed by atoms with Crippen LogP contribution in [0.25, 0.3) is 0 Å². The van der Waals surface area contributed by atoms with Crippen LogP contribution in [0.4, 0.5) is 4.39 Å². The summed E-state index contributed by atoms with van der Waals surface area (Å²) < 4.78 is 12.9. The highest BCUT2D eigenvalue weighted by Crippen LogP contribution is 2.18. The van der Waals surface area contributed by atoms with E-state index in [4.69, 9.17) is 5.11 Å². The number of nitrogens with one attached hydrogen (secondary N) is 1. The highest BCUT2D eigenvalue weighted by atomic mass is 19.1. The van der Waals surface area contributed by atoms with E-state index in [1.165, 1.54) is 18.2 Å². The lowest BCUT2D eigenvalue weighted by Crippen LogP contribution is -2.33. The van der Waals surface area contributed by atoms with E-state index in [-0.39, 0.29) is 30.3 Å². The number of hydrogen-bond acceptors (Lipinski definition) is 2. The second kappa shape index (κ2) is 5.31. The Morgan fingerprint density at radius 2 is 2.28 bits per heavy atom. The zero-order valence-electron chi connectivity index (χ0n) is 10.2. The molecule has 0 saturated heterocycles. The lowest BCUT2D eigenvalue weighted by atomic mass is 10.1. The van der Waals surface area contributed by atoms with Crippen molar-refractivity contribution in [1.82, 2.24) is 5.32 Å². The minimum absolute atomic E-state index is 0.0564. The number of amides is 1. The summed E-state index contributed by atoms with van der Waals surface area (Å²) in [4.78, 5) is 12.0. The van der Waals surface area contributed by atoms with Gasteiger partial charge in [-0.3, -0.25) is 4.79 Å². The van der Waals surface area contributed by atoms with Crippen LogP contribution in [0.15, 0.2) is 30.4 Å². The van der Waals surface area contributed by atoms with Crippen LogP contribution in [-0.2, 0) is 0 Å². The van der Waals surface area contributed by atoms with E-state index in [1.807, 2.05) is 12.2 Å². The molecule has 2 N–H and O–H groups in total. The molecule has 0 bridgehead atoms. The van der Waals surface area contributed by atoms with Crippen molar-refractivity contribution < 1.29 is 14.3 Å². The maximum absolute atomic E-state index is 12.9.